The molecule has 1 heterocycles. The Labute approximate surface area is 84.1 Å². The Morgan fingerprint density at radius 3 is 2.79 bits per heavy atom. The largest absolute Gasteiger partial charge is 0.394 e. The first-order chi connectivity index (χ1) is 6.76. The monoisotopic (exact) mass is 198 g/mol. The molecule has 0 aromatic carbocycles. The number of aliphatic hydroxyl groups excluding tert-OH is 1. The summed E-state index contributed by atoms with van der Waals surface area (Å²) in [5.41, 5.74) is -0.268. The van der Waals surface area contributed by atoms with Crippen LogP contribution in [0.25, 0.3) is 0 Å². The van der Waals surface area contributed by atoms with E-state index in [1.165, 1.54) is 0 Å². The lowest BCUT2D eigenvalue weighted by Crippen LogP contribution is -2.51. The van der Waals surface area contributed by atoms with Crippen LogP contribution in [0, 0.1) is 0 Å². The molecule has 1 aliphatic heterocycles. The molecule has 1 unspecified atom stereocenters. The van der Waals surface area contributed by atoms with Crippen molar-refractivity contribution in [2.75, 3.05) is 13.2 Å². The van der Waals surface area contributed by atoms with Gasteiger partial charge in [0.25, 0.3) is 0 Å². The van der Waals surface area contributed by atoms with Gasteiger partial charge in [0.2, 0.25) is 5.91 Å². The van der Waals surface area contributed by atoms with Crippen LogP contribution in [-0.2, 0) is 4.79 Å². The van der Waals surface area contributed by atoms with E-state index in [2.05, 4.69) is 10.6 Å². The summed E-state index contributed by atoms with van der Waals surface area (Å²) in [6.45, 7) is 1.01. The number of hydrogen-bond donors (Lipinski definition) is 3. The number of piperidine rings is 1. The van der Waals surface area contributed by atoms with Crippen LogP contribution >= 0.6 is 0 Å². The van der Waals surface area contributed by atoms with Gasteiger partial charge in [0.1, 0.15) is 0 Å². The fourth-order valence-electron chi connectivity index (χ4n) is 1.90. The molecule has 14 heavy (non-hydrogen) atoms. The van der Waals surface area contributed by atoms with Crippen LogP contribution in [0.15, 0.2) is 0 Å². The standard InChI is InChI=1S/C10H18N2O2/c13-7-10(4-5-10)12-9(14)8-3-1-2-6-11-8/h8,11,13H,1-7H2,(H,12,14). The molecule has 0 bridgehead atoms. The topological polar surface area (TPSA) is 61.4 Å². The van der Waals surface area contributed by atoms with Crippen molar-refractivity contribution in [3.63, 3.8) is 0 Å². The van der Waals surface area contributed by atoms with Gasteiger partial charge in [-0.1, -0.05) is 6.42 Å². The minimum atomic E-state index is -0.268. The summed E-state index contributed by atoms with van der Waals surface area (Å²) in [5, 5.41) is 15.2. The molecule has 0 radical (unpaired) electrons. The van der Waals surface area contributed by atoms with Crippen molar-refractivity contribution in [3.05, 3.63) is 0 Å². The second kappa shape index (κ2) is 3.87. The van der Waals surface area contributed by atoms with Crippen molar-refractivity contribution in [2.24, 2.45) is 0 Å². The molecule has 1 amide bonds. The molecule has 2 fully saturated rings. The number of rotatable bonds is 3. The van der Waals surface area contributed by atoms with Gasteiger partial charge in [-0.3, -0.25) is 4.79 Å². The molecule has 1 saturated heterocycles. The van der Waals surface area contributed by atoms with E-state index in [4.69, 9.17) is 5.11 Å². The maximum absolute atomic E-state index is 11.7. The molecule has 4 nitrogen and oxygen atoms in total. The summed E-state index contributed by atoms with van der Waals surface area (Å²) in [7, 11) is 0. The molecule has 0 aromatic heterocycles. The predicted molar refractivity (Wildman–Crippen MR) is 52.8 cm³/mol. The summed E-state index contributed by atoms with van der Waals surface area (Å²) in [4.78, 5) is 11.7. The molecule has 2 aliphatic rings. The first-order valence-electron chi connectivity index (χ1n) is 5.42. The maximum Gasteiger partial charge on any atom is 0.237 e. The number of amides is 1. The zero-order valence-electron chi connectivity index (χ0n) is 8.38. The van der Waals surface area contributed by atoms with E-state index in [0.717, 1.165) is 38.6 Å². The summed E-state index contributed by atoms with van der Waals surface area (Å²) in [5.74, 6) is 0.0660. The van der Waals surface area contributed by atoms with Gasteiger partial charge in [0, 0.05) is 0 Å². The van der Waals surface area contributed by atoms with Crippen molar-refractivity contribution in [2.45, 2.75) is 43.7 Å². The van der Waals surface area contributed by atoms with E-state index < -0.39 is 0 Å². The summed E-state index contributed by atoms with van der Waals surface area (Å²) >= 11 is 0. The van der Waals surface area contributed by atoms with Crippen molar-refractivity contribution in [1.29, 1.82) is 0 Å². The lowest BCUT2D eigenvalue weighted by Gasteiger charge is -2.25. The van der Waals surface area contributed by atoms with Gasteiger partial charge in [-0.25, -0.2) is 0 Å². The van der Waals surface area contributed by atoms with E-state index >= 15 is 0 Å². The zero-order valence-corrected chi connectivity index (χ0v) is 8.38. The molecule has 0 spiro atoms. The summed E-state index contributed by atoms with van der Waals surface area (Å²) in [6, 6.07) is -0.0345. The highest BCUT2D eigenvalue weighted by atomic mass is 16.3. The Kier molecular flexibility index (Phi) is 2.74. The molecule has 80 valence electrons. The van der Waals surface area contributed by atoms with Crippen molar-refractivity contribution in [3.8, 4) is 0 Å². The van der Waals surface area contributed by atoms with Gasteiger partial charge in [0.05, 0.1) is 18.2 Å². The van der Waals surface area contributed by atoms with Gasteiger partial charge in [-0.2, -0.15) is 0 Å². The molecule has 1 aliphatic carbocycles. The zero-order chi connectivity index (χ0) is 10.0. The van der Waals surface area contributed by atoms with Gasteiger partial charge < -0.3 is 15.7 Å². The Bertz CT molecular complexity index is 220. The first-order valence-corrected chi connectivity index (χ1v) is 5.42. The highest BCUT2D eigenvalue weighted by Crippen LogP contribution is 2.34. The number of nitrogens with one attached hydrogen (secondary N) is 2. The maximum atomic E-state index is 11.7. The SMILES string of the molecule is O=C(NC1(CO)CC1)C1CCCCN1. The minimum absolute atomic E-state index is 0.0345. The molecule has 3 N–H and O–H groups in total. The molecule has 2 rings (SSSR count). The third kappa shape index (κ3) is 2.07. The Balaban J connectivity index is 1.82. The van der Waals surface area contributed by atoms with Gasteiger partial charge >= 0.3 is 0 Å². The van der Waals surface area contributed by atoms with Crippen LogP contribution in [0.3, 0.4) is 0 Å². The number of carbonyl (C=O) groups is 1. The van der Waals surface area contributed by atoms with E-state index in [-0.39, 0.29) is 24.1 Å². The van der Waals surface area contributed by atoms with E-state index in [0.29, 0.717) is 0 Å². The summed E-state index contributed by atoms with van der Waals surface area (Å²) in [6.07, 6.45) is 5.05. The van der Waals surface area contributed by atoms with E-state index in [9.17, 15) is 4.79 Å². The highest BCUT2D eigenvalue weighted by Gasteiger charge is 2.44. The summed E-state index contributed by atoms with van der Waals surface area (Å²) < 4.78 is 0. The van der Waals surface area contributed by atoms with Gasteiger partial charge in [-0.15, -0.1) is 0 Å². The fourth-order valence-corrected chi connectivity index (χ4v) is 1.90. The smallest absolute Gasteiger partial charge is 0.237 e. The van der Waals surface area contributed by atoms with Crippen LogP contribution < -0.4 is 10.6 Å². The van der Waals surface area contributed by atoms with Gasteiger partial charge in [-0.05, 0) is 32.2 Å². The lowest BCUT2D eigenvalue weighted by atomic mass is 10.0. The Morgan fingerprint density at radius 2 is 2.29 bits per heavy atom. The third-order valence-electron chi connectivity index (χ3n) is 3.17. The average Bonchev–Trinajstić information content (AvgIpc) is 3.00. The van der Waals surface area contributed by atoms with Crippen LogP contribution in [0.5, 0.6) is 0 Å². The number of carbonyl (C=O) groups excluding carboxylic acids is 1. The molecule has 0 aromatic rings. The average molecular weight is 198 g/mol. The van der Waals surface area contributed by atoms with Crippen molar-refractivity contribution in [1.82, 2.24) is 10.6 Å². The third-order valence-corrected chi connectivity index (χ3v) is 3.17. The van der Waals surface area contributed by atoms with E-state index in [1.54, 1.807) is 0 Å². The molecule has 1 saturated carbocycles. The molecular weight excluding hydrogens is 180 g/mol. The normalized spacial score (nSPS) is 29.6. The van der Waals surface area contributed by atoms with E-state index in [1.807, 2.05) is 0 Å². The molecule has 1 atom stereocenters. The first kappa shape index (κ1) is 9.93. The van der Waals surface area contributed by atoms with Crippen LogP contribution in [0.2, 0.25) is 0 Å². The van der Waals surface area contributed by atoms with Crippen molar-refractivity contribution < 1.29 is 9.90 Å². The second-order valence-electron chi connectivity index (χ2n) is 4.43. The highest BCUT2D eigenvalue weighted by molar-refractivity contribution is 5.83. The van der Waals surface area contributed by atoms with Gasteiger partial charge in [0.15, 0.2) is 0 Å². The van der Waals surface area contributed by atoms with Crippen LogP contribution in [0.4, 0.5) is 0 Å². The minimum Gasteiger partial charge on any atom is -0.394 e. The quantitative estimate of drug-likeness (QED) is 0.587. The number of hydrogen-bond acceptors (Lipinski definition) is 3. The fraction of sp³-hybridized carbons (Fsp3) is 0.900. The molecular formula is C10H18N2O2. The van der Waals surface area contributed by atoms with Crippen LogP contribution in [0.1, 0.15) is 32.1 Å². The Morgan fingerprint density at radius 1 is 1.50 bits per heavy atom. The van der Waals surface area contributed by atoms with Crippen molar-refractivity contribution >= 4 is 5.91 Å². The number of aliphatic hydroxyl groups is 1. The molecule has 4 heteroatoms. The Hall–Kier alpha value is -0.610. The lowest BCUT2D eigenvalue weighted by molar-refractivity contribution is -0.125. The van der Waals surface area contributed by atoms with Crippen LogP contribution in [-0.4, -0.2) is 35.7 Å². The second-order valence-corrected chi connectivity index (χ2v) is 4.43. The predicted octanol–water partition coefficient (Wildman–Crippen LogP) is -0.230.